The first-order chi connectivity index (χ1) is 13.3. The number of halogens is 1. The molecule has 0 spiro atoms. The molecule has 3 unspecified atom stereocenters. The van der Waals surface area contributed by atoms with E-state index in [1.165, 1.54) is 11.8 Å². The van der Waals surface area contributed by atoms with Crippen molar-refractivity contribution in [2.45, 2.75) is 44.1 Å². The van der Waals surface area contributed by atoms with Gasteiger partial charge >= 0.3 is 0 Å². The topological polar surface area (TPSA) is 55.2 Å². The van der Waals surface area contributed by atoms with E-state index in [0.717, 1.165) is 19.5 Å². The van der Waals surface area contributed by atoms with Crippen LogP contribution in [0, 0.1) is 11.8 Å². The molecule has 2 aromatic rings. The summed E-state index contributed by atoms with van der Waals surface area (Å²) in [6, 6.07) is 5.05. The minimum atomic E-state index is -0.336. The highest BCUT2D eigenvalue weighted by Gasteiger charge is 2.29. The van der Waals surface area contributed by atoms with E-state index in [1.54, 1.807) is 28.8 Å². The van der Waals surface area contributed by atoms with Crippen LogP contribution in [0.5, 0.6) is 0 Å². The number of nitrogens with zero attached hydrogens (tertiary/aromatic N) is 3. The standard InChI is InChI=1S/C21H26ClN3O2S/c1-5-8-25-20(27)17-7-6-16(22)10-18(17)23-21(25)28-15(4)19(26)24-11-13(2)9-14(3)12-24/h5-7,10,13-15H,1,8-9,11-12H2,2-4H3. The number of hydrogen-bond donors (Lipinski definition) is 0. The zero-order chi connectivity index (χ0) is 20.4. The lowest BCUT2D eigenvalue weighted by atomic mass is 9.92. The van der Waals surface area contributed by atoms with Gasteiger partial charge in [-0.25, -0.2) is 4.98 Å². The van der Waals surface area contributed by atoms with Gasteiger partial charge in [0.15, 0.2) is 5.16 Å². The first kappa shape index (κ1) is 20.9. The monoisotopic (exact) mass is 419 g/mol. The van der Waals surface area contributed by atoms with Gasteiger partial charge in [-0.15, -0.1) is 6.58 Å². The van der Waals surface area contributed by atoms with E-state index in [4.69, 9.17) is 11.6 Å². The number of carbonyl (C=O) groups excluding carboxylic acids is 1. The van der Waals surface area contributed by atoms with Crippen molar-refractivity contribution in [2.24, 2.45) is 11.8 Å². The van der Waals surface area contributed by atoms with E-state index in [9.17, 15) is 9.59 Å². The minimum absolute atomic E-state index is 0.0917. The third-order valence-corrected chi connectivity index (χ3v) is 6.32. The molecule has 0 saturated carbocycles. The average Bonchev–Trinajstić information content (AvgIpc) is 2.63. The van der Waals surface area contributed by atoms with Gasteiger partial charge in [-0.3, -0.25) is 14.2 Å². The highest BCUT2D eigenvalue weighted by atomic mass is 35.5. The molecule has 3 atom stereocenters. The van der Waals surface area contributed by atoms with Gasteiger partial charge in [-0.05, 0) is 43.4 Å². The van der Waals surface area contributed by atoms with Crippen LogP contribution in [0.2, 0.25) is 5.02 Å². The van der Waals surface area contributed by atoms with Crippen molar-refractivity contribution < 1.29 is 4.79 Å². The van der Waals surface area contributed by atoms with Gasteiger partial charge in [0, 0.05) is 24.7 Å². The van der Waals surface area contributed by atoms with E-state index in [-0.39, 0.29) is 16.7 Å². The van der Waals surface area contributed by atoms with Crippen LogP contribution in [0.3, 0.4) is 0 Å². The summed E-state index contributed by atoms with van der Waals surface area (Å²) in [5, 5.41) is 1.21. The molecule has 0 radical (unpaired) electrons. The lowest BCUT2D eigenvalue weighted by Crippen LogP contribution is -2.45. The lowest BCUT2D eigenvalue weighted by Gasteiger charge is -2.36. The zero-order valence-electron chi connectivity index (χ0n) is 16.5. The first-order valence-corrected chi connectivity index (χ1v) is 10.8. The maximum absolute atomic E-state index is 13.0. The second kappa shape index (κ2) is 8.70. The molecule has 1 saturated heterocycles. The predicted octanol–water partition coefficient (Wildman–Crippen LogP) is 4.22. The number of allylic oxidation sites excluding steroid dienone is 1. The van der Waals surface area contributed by atoms with E-state index >= 15 is 0 Å². The lowest BCUT2D eigenvalue weighted by molar-refractivity contribution is -0.132. The van der Waals surface area contributed by atoms with Gasteiger partial charge in [-0.1, -0.05) is 43.3 Å². The molecular formula is C21H26ClN3O2S. The Bertz CT molecular complexity index is 949. The number of carbonyl (C=O) groups is 1. The van der Waals surface area contributed by atoms with Gasteiger partial charge in [0.05, 0.1) is 16.2 Å². The normalized spacial score (nSPS) is 20.9. The van der Waals surface area contributed by atoms with E-state index in [1.807, 2.05) is 11.8 Å². The molecule has 5 nitrogen and oxygen atoms in total. The molecule has 1 fully saturated rings. The molecule has 28 heavy (non-hydrogen) atoms. The summed E-state index contributed by atoms with van der Waals surface area (Å²) < 4.78 is 1.57. The van der Waals surface area contributed by atoms with Crippen molar-refractivity contribution in [2.75, 3.05) is 13.1 Å². The number of aromatic nitrogens is 2. The van der Waals surface area contributed by atoms with Crippen molar-refractivity contribution in [3.05, 3.63) is 46.2 Å². The van der Waals surface area contributed by atoms with Crippen molar-refractivity contribution in [1.29, 1.82) is 0 Å². The smallest absolute Gasteiger partial charge is 0.262 e. The molecule has 7 heteroatoms. The molecule has 1 amide bonds. The van der Waals surface area contributed by atoms with Gasteiger partial charge in [-0.2, -0.15) is 0 Å². The predicted molar refractivity (Wildman–Crippen MR) is 116 cm³/mol. The molecule has 1 aliphatic heterocycles. The second-order valence-corrected chi connectivity index (χ2v) is 9.45. The van der Waals surface area contributed by atoms with Gasteiger partial charge in [0.1, 0.15) is 0 Å². The van der Waals surface area contributed by atoms with Crippen LogP contribution < -0.4 is 5.56 Å². The minimum Gasteiger partial charge on any atom is -0.341 e. The number of rotatable bonds is 5. The van der Waals surface area contributed by atoms with Crippen molar-refractivity contribution in [3.8, 4) is 0 Å². The fraction of sp³-hybridized carbons (Fsp3) is 0.476. The average molecular weight is 420 g/mol. The maximum Gasteiger partial charge on any atom is 0.262 e. The highest BCUT2D eigenvalue weighted by molar-refractivity contribution is 8.00. The quantitative estimate of drug-likeness (QED) is 0.413. The number of piperidine rings is 1. The number of hydrogen-bond acceptors (Lipinski definition) is 4. The SMILES string of the molecule is C=CCn1c(SC(C)C(=O)N2CC(C)CC(C)C2)nc2cc(Cl)ccc2c1=O. The van der Waals surface area contributed by atoms with Gasteiger partial charge < -0.3 is 4.90 Å². The number of fused-ring (bicyclic) bond motifs is 1. The third-order valence-electron chi connectivity index (χ3n) is 5.00. The molecule has 2 heterocycles. The summed E-state index contributed by atoms with van der Waals surface area (Å²) in [5.41, 5.74) is 0.393. The Morgan fingerprint density at radius 1 is 1.39 bits per heavy atom. The van der Waals surface area contributed by atoms with E-state index < -0.39 is 0 Å². The molecule has 1 aromatic heterocycles. The molecule has 0 bridgehead atoms. The highest BCUT2D eigenvalue weighted by Crippen LogP contribution is 2.28. The Morgan fingerprint density at radius 2 is 2.07 bits per heavy atom. The first-order valence-electron chi connectivity index (χ1n) is 9.56. The Labute approximate surface area is 174 Å². The van der Waals surface area contributed by atoms with Crippen LogP contribution in [0.4, 0.5) is 0 Å². The summed E-state index contributed by atoms with van der Waals surface area (Å²) in [6.45, 7) is 11.9. The largest absolute Gasteiger partial charge is 0.341 e. The number of likely N-dealkylation sites (tertiary alicyclic amines) is 1. The molecule has 1 aliphatic rings. The summed E-state index contributed by atoms with van der Waals surface area (Å²) in [5.74, 6) is 1.10. The summed E-state index contributed by atoms with van der Waals surface area (Å²) in [4.78, 5) is 32.5. The molecule has 3 rings (SSSR count). The molecule has 1 aromatic carbocycles. The third kappa shape index (κ3) is 4.44. The zero-order valence-corrected chi connectivity index (χ0v) is 18.1. The van der Waals surface area contributed by atoms with Gasteiger partial charge in [0.25, 0.3) is 5.56 Å². The second-order valence-electron chi connectivity index (χ2n) is 7.71. The van der Waals surface area contributed by atoms with Crippen LogP contribution in [-0.4, -0.2) is 38.7 Å². The Morgan fingerprint density at radius 3 is 2.71 bits per heavy atom. The van der Waals surface area contributed by atoms with Crippen molar-refractivity contribution in [1.82, 2.24) is 14.5 Å². The molecule has 0 N–H and O–H groups in total. The number of thioether (sulfide) groups is 1. The van der Waals surface area contributed by atoms with Crippen LogP contribution in [0.25, 0.3) is 10.9 Å². The van der Waals surface area contributed by atoms with E-state index in [2.05, 4.69) is 25.4 Å². The summed E-state index contributed by atoms with van der Waals surface area (Å²) >= 11 is 7.40. The van der Waals surface area contributed by atoms with Crippen LogP contribution >= 0.6 is 23.4 Å². The summed E-state index contributed by atoms with van der Waals surface area (Å²) in [7, 11) is 0. The Hall–Kier alpha value is -1.79. The van der Waals surface area contributed by atoms with Crippen LogP contribution in [0.1, 0.15) is 27.2 Å². The maximum atomic E-state index is 13.0. The van der Waals surface area contributed by atoms with Crippen LogP contribution in [-0.2, 0) is 11.3 Å². The fourth-order valence-electron chi connectivity index (χ4n) is 3.86. The molecule has 0 aliphatic carbocycles. The number of benzene rings is 1. The number of amides is 1. The van der Waals surface area contributed by atoms with Crippen molar-refractivity contribution >= 4 is 40.2 Å². The summed E-state index contributed by atoms with van der Waals surface area (Å²) in [6.07, 6.45) is 2.81. The van der Waals surface area contributed by atoms with Crippen LogP contribution in [0.15, 0.2) is 40.8 Å². The van der Waals surface area contributed by atoms with Crippen molar-refractivity contribution in [3.63, 3.8) is 0 Å². The molecule has 150 valence electrons. The van der Waals surface area contributed by atoms with Gasteiger partial charge in [0.2, 0.25) is 5.91 Å². The van der Waals surface area contributed by atoms with E-state index in [0.29, 0.717) is 39.5 Å². The fourth-order valence-corrected chi connectivity index (χ4v) is 5.03. The Balaban J connectivity index is 1.91. The Kier molecular flexibility index (Phi) is 6.50. The molecular weight excluding hydrogens is 394 g/mol.